The van der Waals surface area contributed by atoms with Gasteiger partial charge in [-0.3, -0.25) is 0 Å². The Bertz CT molecular complexity index is 92.2. The van der Waals surface area contributed by atoms with Crippen molar-refractivity contribution in [1.29, 1.82) is 0 Å². The second-order valence-electron chi connectivity index (χ2n) is 3.78. The van der Waals surface area contributed by atoms with Gasteiger partial charge in [-0.2, -0.15) is 0 Å². The second kappa shape index (κ2) is 1.27. The summed E-state index contributed by atoms with van der Waals surface area (Å²) in [6, 6.07) is 0. The van der Waals surface area contributed by atoms with Crippen molar-refractivity contribution in [1.82, 2.24) is 0 Å². The molecule has 1 rings (SSSR count). The van der Waals surface area contributed by atoms with E-state index < -0.39 is 0 Å². The van der Waals surface area contributed by atoms with Gasteiger partial charge in [0.15, 0.2) is 0 Å². The van der Waals surface area contributed by atoms with E-state index in [2.05, 4.69) is 20.8 Å². The lowest BCUT2D eigenvalue weighted by atomic mass is 9.87. The van der Waals surface area contributed by atoms with E-state index in [-0.39, 0.29) is 11.0 Å². The molecule has 0 radical (unpaired) electrons. The van der Waals surface area contributed by atoms with E-state index in [1.54, 1.807) is 0 Å². The quantitative estimate of drug-likeness (QED) is 0.506. The zero-order valence-corrected chi connectivity index (χ0v) is 5.86. The maximum absolute atomic E-state index is 9.47. The molecule has 0 spiro atoms. The van der Waals surface area contributed by atoms with Crippen molar-refractivity contribution >= 4 is 0 Å². The Morgan fingerprint density at radius 3 is 1.62 bits per heavy atom. The van der Waals surface area contributed by atoms with Crippen molar-refractivity contribution in [3.05, 3.63) is 0 Å². The maximum Gasteiger partial charge on any atom is 0.0697 e. The smallest absolute Gasteiger partial charge is 0.0697 e. The van der Waals surface area contributed by atoms with E-state index in [0.29, 0.717) is 0 Å². The molecule has 0 aromatic rings. The monoisotopic (exact) mass is 114 g/mol. The van der Waals surface area contributed by atoms with E-state index >= 15 is 0 Å². The van der Waals surface area contributed by atoms with Gasteiger partial charge in [0.25, 0.3) is 0 Å². The summed E-state index contributed by atoms with van der Waals surface area (Å²) in [6.07, 6.45) is 1.99. The molecule has 0 saturated heterocycles. The topological polar surface area (TPSA) is 20.2 Å². The van der Waals surface area contributed by atoms with Gasteiger partial charge in [-0.1, -0.05) is 20.8 Å². The Balaban J connectivity index is 2.58. The molecule has 1 nitrogen and oxygen atoms in total. The van der Waals surface area contributed by atoms with Crippen molar-refractivity contribution in [2.24, 2.45) is 5.41 Å². The number of rotatable bonds is 0. The lowest BCUT2D eigenvalue weighted by molar-refractivity contribution is 0.0374. The normalized spacial score (nSPS) is 25.5. The minimum absolute atomic E-state index is 0.104. The molecule has 1 N–H and O–H groups in total. The van der Waals surface area contributed by atoms with Gasteiger partial charge in [0.1, 0.15) is 0 Å². The van der Waals surface area contributed by atoms with Crippen LogP contribution < -0.4 is 0 Å². The van der Waals surface area contributed by atoms with Crippen LogP contribution in [0.25, 0.3) is 0 Å². The highest BCUT2D eigenvalue weighted by Crippen LogP contribution is 2.49. The Labute approximate surface area is 50.7 Å². The van der Waals surface area contributed by atoms with Gasteiger partial charge in [0.05, 0.1) is 5.60 Å². The molecule has 0 amide bonds. The van der Waals surface area contributed by atoms with E-state index in [0.717, 1.165) is 12.8 Å². The highest BCUT2D eigenvalue weighted by Gasteiger charge is 2.50. The SMILES string of the molecule is CC(C)(C)C1(O)CC1. The molecule has 1 fully saturated rings. The summed E-state index contributed by atoms with van der Waals surface area (Å²) in [6.45, 7) is 6.25. The van der Waals surface area contributed by atoms with Crippen LogP contribution in [-0.2, 0) is 0 Å². The van der Waals surface area contributed by atoms with Gasteiger partial charge in [-0.05, 0) is 18.3 Å². The van der Waals surface area contributed by atoms with Crippen molar-refractivity contribution in [3.63, 3.8) is 0 Å². The summed E-state index contributed by atoms with van der Waals surface area (Å²) in [7, 11) is 0. The zero-order valence-electron chi connectivity index (χ0n) is 5.86. The van der Waals surface area contributed by atoms with Gasteiger partial charge in [0, 0.05) is 0 Å². The molecule has 1 saturated carbocycles. The number of aliphatic hydroxyl groups is 1. The van der Waals surface area contributed by atoms with Crippen LogP contribution in [0.1, 0.15) is 33.6 Å². The van der Waals surface area contributed by atoms with Crippen molar-refractivity contribution in [2.45, 2.75) is 39.2 Å². The Hall–Kier alpha value is -0.0400. The maximum atomic E-state index is 9.47. The average molecular weight is 114 g/mol. The molecule has 48 valence electrons. The van der Waals surface area contributed by atoms with Crippen molar-refractivity contribution in [3.8, 4) is 0 Å². The average Bonchev–Trinajstić information content (AvgIpc) is 2.16. The Morgan fingerprint density at radius 2 is 1.62 bits per heavy atom. The third-order valence-electron chi connectivity index (χ3n) is 2.12. The number of hydrogen-bond acceptors (Lipinski definition) is 1. The largest absolute Gasteiger partial charge is 0.389 e. The summed E-state index contributed by atoms with van der Waals surface area (Å²) in [5.41, 5.74) is -0.208. The first-order valence-electron chi connectivity index (χ1n) is 3.18. The van der Waals surface area contributed by atoms with E-state index in [4.69, 9.17) is 0 Å². The summed E-state index contributed by atoms with van der Waals surface area (Å²) in [5, 5.41) is 9.47. The number of hydrogen-bond donors (Lipinski definition) is 1. The molecule has 8 heavy (non-hydrogen) atoms. The molecule has 1 aliphatic rings. The molecular formula is C7H14O. The highest BCUT2D eigenvalue weighted by molar-refractivity contribution is 5.02. The summed E-state index contributed by atoms with van der Waals surface area (Å²) in [5.74, 6) is 0. The highest BCUT2D eigenvalue weighted by atomic mass is 16.3. The Morgan fingerprint density at radius 1 is 1.25 bits per heavy atom. The van der Waals surface area contributed by atoms with Crippen LogP contribution in [0.3, 0.4) is 0 Å². The summed E-state index contributed by atoms with van der Waals surface area (Å²) >= 11 is 0. The van der Waals surface area contributed by atoms with Crippen LogP contribution in [0.5, 0.6) is 0 Å². The fraction of sp³-hybridized carbons (Fsp3) is 1.00. The predicted octanol–water partition coefficient (Wildman–Crippen LogP) is 1.56. The summed E-state index contributed by atoms with van der Waals surface area (Å²) < 4.78 is 0. The van der Waals surface area contributed by atoms with Crippen LogP contribution in [0.15, 0.2) is 0 Å². The summed E-state index contributed by atoms with van der Waals surface area (Å²) in [4.78, 5) is 0. The first-order chi connectivity index (χ1) is 3.46. The zero-order chi connectivity index (χ0) is 6.41. The van der Waals surface area contributed by atoms with Crippen molar-refractivity contribution in [2.75, 3.05) is 0 Å². The molecule has 1 heteroatoms. The first kappa shape index (κ1) is 6.09. The molecule has 0 aromatic heterocycles. The molecule has 0 unspecified atom stereocenters. The molecule has 0 aliphatic heterocycles. The third-order valence-corrected chi connectivity index (χ3v) is 2.12. The van der Waals surface area contributed by atoms with Crippen LogP contribution >= 0.6 is 0 Å². The van der Waals surface area contributed by atoms with Gasteiger partial charge in [-0.25, -0.2) is 0 Å². The fourth-order valence-electron chi connectivity index (χ4n) is 0.868. The van der Waals surface area contributed by atoms with Crippen molar-refractivity contribution < 1.29 is 5.11 Å². The van der Waals surface area contributed by atoms with Crippen LogP contribution in [0.2, 0.25) is 0 Å². The van der Waals surface area contributed by atoms with Crippen LogP contribution in [0.4, 0.5) is 0 Å². The van der Waals surface area contributed by atoms with E-state index in [1.165, 1.54) is 0 Å². The minimum Gasteiger partial charge on any atom is -0.389 e. The lowest BCUT2D eigenvalue weighted by Crippen LogP contribution is -2.27. The van der Waals surface area contributed by atoms with Gasteiger partial charge < -0.3 is 5.11 Å². The van der Waals surface area contributed by atoms with Crippen LogP contribution in [0, 0.1) is 5.41 Å². The molecule has 1 aliphatic carbocycles. The molecule has 0 aromatic carbocycles. The molecular weight excluding hydrogens is 100 g/mol. The van der Waals surface area contributed by atoms with Gasteiger partial charge in [0.2, 0.25) is 0 Å². The predicted molar refractivity (Wildman–Crippen MR) is 33.6 cm³/mol. The minimum atomic E-state index is -0.312. The molecule has 0 atom stereocenters. The third kappa shape index (κ3) is 0.752. The second-order valence-corrected chi connectivity index (χ2v) is 3.78. The Kier molecular flexibility index (Phi) is 0.965. The first-order valence-corrected chi connectivity index (χ1v) is 3.18. The lowest BCUT2D eigenvalue weighted by Gasteiger charge is -2.24. The molecule has 0 bridgehead atoms. The van der Waals surface area contributed by atoms with E-state index in [1.807, 2.05) is 0 Å². The van der Waals surface area contributed by atoms with Gasteiger partial charge >= 0.3 is 0 Å². The standard InChI is InChI=1S/C7H14O/c1-6(2,3)7(8)4-5-7/h8H,4-5H2,1-3H3. The van der Waals surface area contributed by atoms with Gasteiger partial charge in [-0.15, -0.1) is 0 Å². The van der Waals surface area contributed by atoms with E-state index in [9.17, 15) is 5.11 Å². The molecule has 0 heterocycles. The van der Waals surface area contributed by atoms with Crippen LogP contribution in [-0.4, -0.2) is 10.7 Å². The fourth-order valence-corrected chi connectivity index (χ4v) is 0.868.